The van der Waals surface area contributed by atoms with Gasteiger partial charge in [-0.25, -0.2) is 4.99 Å². The average Bonchev–Trinajstić information content (AvgIpc) is 3.44. The molecule has 0 bridgehead atoms. The van der Waals surface area contributed by atoms with Gasteiger partial charge in [0.2, 0.25) is 5.90 Å². The van der Waals surface area contributed by atoms with Crippen LogP contribution in [0.3, 0.4) is 0 Å². The number of benzene rings is 3. The lowest BCUT2D eigenvalue weighted by Gasteiger charge is -2.24. The number of aliphatic imine (C=N–C) groups is 1. The van der Waals surface area contributed by atoms with E-state index in [0.717, 1.165) is 17.5 Å². The third-order valence-electron chi connectivity index (χ3n) is 5.65. The van der Waals surface area contributed by atoms with E-state index < -0.39 is 7.92 Å². The Morgan fingerprint density at radius 1 is 0.871 bits per heavy atom. The van der Waals surface area contributed by atoms with E-state index in [1.165, 1.54) is 21.5 Å². The predicted octanol–water partition coefficient (Wildman–Crippen LogP) is 6.35. The number of nitrogens with zero attached hydrogens (tertiary/aromatic N) is 1. The Morgan fingerprint density at radius 2 is 1.55 bits per heavy atom. The standard InChI is InChI=1S/C27H23ClNOP/c1-19(29-27-26-20(18-30-27)10-8-16-24(26)28)23-15-9-17-25(23)31(21-11-4-2-5-12-21)22-13-6-3-7-14-22/h2-8,10-17,19H,9,18H2,1H3/t19-/m1/s1. The summed E-state index contributed by atoms with van der Waals surface area (Å²) >= 11 is 6.46. The van der Waals surface area contributed by atoms with E-state index in [0.29, 0.717) is 17.5 Å². The molecule has 0 fully saturated rings. The van der Waals surface area contributed by atoms with Crippen LogP contribution in [0.25, 0.3) is 0 Å². The number of hydrogen-bond acceptors (Lipinski definition) is 2. The summed E-state index contributed by atoms with van der Waals surface area (Å²) < 4.78 is 5.92. The van der Waals surface area contributed by atoms with Gasteiger partial charge in [-0.15, -0.1) is 0 Å². The van der Waals surface area contributed by atoms with Gasteiger partial charge in [-0.1, -0.05) is 96.5 Å². The molecule has 1 aliphatic carbocycles. The molecule has 1 aliphatic heterocycles. The summed E-state index contributed by atoms with van der Waals surface area (Å²) in [5.41, 5.74) is 3.33. The van der Waals surface area contributed by atoms with Gasteiger partial charge in [-0.2, -0.15) is 0 Å². The summed E-state index contributed by atoms with van der Waals surface area (Å²) in [5, 5.41) is 4.80. The molecule has 31 heavy (non-hydrogen) atoms. The van der Waals surface area contributed by atoms with Crippen LogP contribution in [0.2, 0.25) is 5.02 Å². The summed E-state index contributed by atoms with van der Waals surface area (Å²) in [5.74, 6) is 0.656. The van der Waals surface area contributed by atoms with E-state index in [2.05, 4.69) is 85.8 Å². The van der Waals surface area contributed by atoms with Crippen LogP contribution < -0.4 is 10.6 Å². The highest BCUT2D eigenvalue weighted by atomic mass is 35.5. The second-order valence-corrected chi connectivity index (χ2v) is 10.3. The van der Waals surface area contributed by atoms with Gasteiger partial charge in [-0.3, -0.25) is 0 Å². The van der Waals surface area contributed by atoms with Crippen molar-refractivity contribution in [2.75, 3.05) is 0 Å². The van der Waals surface area contributed by atoms with Crippen LogP contribution in [0.1, 0.15) is 24.5 Å². The average molecular weight is 444 g/mol. The molecule has 0 saturated heterocycles. The minimum Gasteiger partial charge on any atom is -0.473 e. The van der Waals surface area contributed by atoms with Crippen molar-refractivity contribution >= 4 is 36.0 Å². The van der Waals surface area contributed by atoms with E-state index in [1.807, 2.05) is 12.1 Å². The fourth-order valence-corrected chi connectivity index (χ4v) is 7.09. The van der Waals surface area contributed by atoms with E-state index in [4.69, 9.17) is 21.3 Å². The Kier molecular flexibility index (Phi) is 5.76. The van der Waals surface area contributed by atoms with E-state index in [9.17, 15) is 0 Å². The lowest BCUT2D eigenvalue weighted by molar-refractivity contribution is 0.310. The van der Waals surface area contributed by atoms with Gasteiger partial charge < -0.3 is 4.74 Å². The second-order valence-electron chi connectivity index (χ2n) is 7.66. The number of ether oxygens (including phenoxy) is 1. The highest BCUT2D eigenvalue weighted by molar-refractivity contribution is 7.77. The molecular weight excluding hydrogens is 421 g/mol. The number of hydrogen-bond donors (Lipinski definition) is 0. The van der Waals surface area contributed by atoms with Crippen molar-refractivity contribution in [2.24, 2.45) is 4.99 Å². The van der Waals surface area contributed by atoms with Crippen molar-refractivity contribution in [1.29, 1.82) is 0 Å². The van der Waals surface area contributed by atoms with E-state index in [1.54, 1.807) is 0 Å². The topological polar surface area (TPSA) is 21.6 Å². The maximum absolute atomic E-state index is 6.46. The van der Waals surface area contributed by atoms with Crippen molar-refractivity contribution in [2.45, 2.75) is 26.0 Å². The highest BCUT2D eigenvalue weighted by Crippen LogP contribution is 2.50. The minimum atomic E-state index is -0.644. The fourth-order valence-electron chi connectivity index (χ4n) is 4.20. The summed E-state index contributed by atoms with van der Waals surface area (Å²) in [7, 11) is -0.644. The molecule has 3 aromatic rings. The van der Waals surface area contributed by atoms with Gasteiger partial charge in [0.15, 0.2) is 0 Å². The van der Waals surface area contributed by atoms with Crippen molar-refractivity contribution < 1.29 is 4.74 Å². The van der Waals surface area contributed by atoms with E-state index >= 15 is 0 Å². The monoisotopic (exact) mass is 443 g/mol. The maximum atomic E-state index is 6.46. The highest BCUT2D eigenvalue weighted by Gasteiger charge is 2.28. The Hall–Kier alpha value is -2.67. The number of rotatable bonds is 5. The molecule has 0 spiro atoms. The quantitative estimate of drug-likeness (QED) is 0.421. The molecular formula is C27H23ClNOP. The second kappa shape index (κ2) is 8.83. The predicted molar refractivity (Wildman–Crippen MR) is 132 cm³/mol. The lowest BCUT2D eigenvalue weighted by atomic mass is 10.1. The largest absolute Gasteiger partial charge is 0.473 e. The molecule has 0 saturated carbocycles. The lowest BCUT2D eigenvalue weighted by Crippen LogP contribution is -2.16. The Morgan fingerprint density at radius 3 is 2.23 bits per heavy atom. The molecule has 5 rings (SSSR count). The van der Waals surface area contributed by atoms with Crippen LogP contribution in [0.5, 0.6) is 0 Å². The normalized spacial score (nSPS) is 17.3. The van der Waals surface area contributed by atoms with Crippen LogP contribution in [0.4, 0.5) is 0 Å². The first-order valence-electron chi connectivity index (χ1n) is 10.5. The van der Waals surface area contributed by atoms with Crippen molar-refractivity contribution in [3.05, 3.63) is 118 Å². The van der Waals surface area contributed by atoms with Crippen LogP contribution in [-0.2, 0) is 11.3 Å². The van der Waals surface area contributed by atoms with Gasteiger partial charge in [0, 0.05) is 5.56 Å². The smallest absolute Gasteiger partial charge is 0.218 e. The Labute approximate surface area is 189 Å². The zero-order valence-electron chi connectivity index (χ0n) is 17.3. The first-order valence-corrected chi connectivity index (χ1v) is 12.2. The van der Waals surface area contributed by atoms with Crippen molar-refractivity contribution in [1.82, 2.24) is 0 Å². The molecule has 3 aromatic carbocycles. The van der Waals surface area contributed by atoms with Gasteiger partial charge in [0.25, 0.3) is 0 Å². The molecule has 4 heteroatoms. The maximum Gasteiger partial charge on any atom is 0.218 e. The Bertz CT molecular complexity index is 1140. The summed E-state index contributed by atoms with van der Waals surface area (Å²) in [6.07, 6.45) is 5.62. The molecule has 1 atom stereocenters. The van der Waals surface area contributed by atoms with Crippen LogP contribution >= 0.6 is 19.5 Å². The number of allylic oxidation sites excluding steroid dienone is 2. The summed E-state index contributed by atoms with van der Waals surface area (Å²) in [4.78, 5) is 4.99. The molecule has 0 radical (unpaired) electrons. The molecule has 0 N–H and O–H groups in total. The number of halogens is 1. The molecule has 0 aromatic heterocycles. The van der Waals surface area contributed by atoms with Crippen molar-refractivity contribution in [3.63, 3.8) is 0 Å². The summed E-state index contributed by atoms with van der Waals surface area (Å²) in [6.45, 7) is 2.68. The van der Waals surface area contributed by atoms with Gasteiger partial charge >= 0.3 is 0 Å². The van der Waals surface area contributed by atoms with Gasteiger partial charge in [-0.05, 0) is 48.8 Å². The first kappa shape index (κ1) is 20.2. The van der Waals surface area contributed by atoms with Gasteiger partial charge in [0.05, 0.1) is 16.6 Å². The SMILES string of the molecule is C[C@@H](N=C1OCc2cccc(Cl)c21)C1=CCC=C1P(c1ccccc1)c1ccccc1. The number of fused-ring (bicyclic) bond motifs is 1. The summed E-state index contributed by atoms with van der Waals surface area (Å²) in [6, 6.07) is 27.5. The minimum absolute atomic E-state index is 0.0107. The fraction of sp³-hybridized carbons (Fsp3) is 0.148. The first-order chi connectivity index (χ1) is 15.2. The third-order valence-corrected chi connectivity index (χ3v) is 8.52. The molecule has 154 valence electrons. The molecule has 1 heterocycles. The van der Waals surface area contributed by atoms with Gasteiger partial charge in [0.1, 0.15) is 6.61 Å². The third kappa shape index (κ3) is 3.99. The van der Waals surface area contributed by atoms with Crippen molar-refractivity contribution in [3.8, 4) is 0 Å². The van der Waals surface area contributed by atoms with E-state index in [-0.39, 0.29) is 6.04 Å². The molecule has 0 amide bonds. The molecule has 0 unspecified atom stereocenters. The Balaban J connectivity index is 1.51. The zero-order valence-corrected chi connectivity index (χ0v) is 19.0. The zero-order chi connectivity index (χ0) is 21.2. The van der Waals surface area contributed by atoms with Crippen LogP contribution in [0.15, 0.2) is 107 Å². The van der Waals surface area contributed by atoms with Crippen LogP contribution in [-0.4, -0.2) is 11.9 Å². The molecule has 2 aliphatic rings. The molecule has 2 nitrogen and oxygen atoms in total. The van der Waals surface area contributed by atoms with Crippen LogP contribution in [0, 0.1) is 0 Å².